The van der Waals surface area contributed by atoms with Crippen LogP contribution in [0.1, 0.15) is 48.0 Å². The number of fused-ring (bicyclic) bond motifs is 1. The Balaban J connectivity index is 1.96. The van der Waals surface area contributed by atoms with Crippen molar-refractivity contribution < 1.29 is 0 Å². The highest BCUT2D eigenvalue weighted by molar-refractivity contribution is 7.09. The van der Waals surface area contributed by atoms with E-state index >= 15 is 0 Å². The molecule has 1 unspecified atom stereocenters. The van der Waals surface area contributed by atoms with Gasteiger partial charge in [0.25, 0.3) is 0 Å². The zero-order valence-corrected chi connectivity index (χ0v) is 13.3. The molecule has 0 amide bonds. The summed E-state index contributed by atoms with van der Waals surface area (Å²) < 4.78 is 0. The van der Waals surface area contributed by atoms with Crippen molar-refractivity contribution in [2.75, 3.05) is 7.05 Å². The second-order valence-electron chi connectivity index (χ2n) is 6.01. The van der Waals surface area contributed by atoms with Crippen molar-refractivity contribution in [3.63, 3.8) is 0 Å². The number of hydrogen-bond donors (Lipinski definition) is 1. The Morgan fingerprint density at radius 2 is 2.00 bits per heavy atom. The smallest absolute Gasteiger partial charge is 0.113 e. The third kappa shape index (κ3) is 2.29. The van der Waals surface area contributed by atoms with Crippen molar-refractivity contribution in [1.82, 2.24) is 10.3 Å². The molecule has 0 bridgehead atoms. The lowest BCUT2D eigenvalue weighted by Gasteiger charge is -2.36. The zero-order chi connectivity index (χ0) is 14.2. The van der Waals surface area contributed by atoms with Crippen molar-refractivity contribution >= 4 is 11.3 Å². The Hall–Kier alpha value is -1.19. The fraction of sp³-hybridized carbons (Fsp3) is 0.471. The normalized spacial score (nSPS) is 22.0. The summed E-state index contributed by atoms with van der Waals surface area (Å²) in [5.41, 5.74) is 4.21. The average molecular weight is 286 g/mol. The van der Waals surface area contributed by atoms with Crippen LogP contribution >= 0.6 is 11.3 Å². The van der Waals surface area contributed by atoms with Crippen LogP contribution in [-0.2, 0) is 18.4 Å². The Morgan fingerprint density at radius 1 is 1.25 bits per heavy atom. The van der Waals surface area contributed by atoms with Gasteiger partial charge in [-0.25, -0.2) is 4.98 Å². The minimum Gasteiger partial charge on any atom is -0.308 e. The van der Waals surface area contributed by atoms with Gasteiger partial charge in [0.15, 0.2) is 0 Å². The van der Waals surface area contributed by atoms with Crippen LogP contribution in [-0.4, -0.2) is 12.0 Å². The predicted octanol–water partition coefficient (Wildman–Crippen LogP) is 3.87. The molecule has 0 saturated carbocycles. The molecule has 0 aliphatic heterocycles. The number of likely N-dealkylation sites (N-methyl/N-ethyl adjacent to an activating group) is 1. The molecule has 1 aromatic carbocycles. The third-order valence-electron chi connectivity index (χ3n) is 4.43. The van der Waals surface area contributed by atoms with Crippen molar-refractivity contribution in [2.24, 2.45) is 0 Å². The lowest BCUT2D eigenvalue weighted by atomic mass is 9.78. The third-order valence-corrected chi connectivity index (χ3v) is 5.50. The van der Waals surface area contributed by atoms with E-state index < -0.39 is 0 Å². The minimum absolute atomic E-state index is 0.0200. The first-order chi connectivity index (χ1) is 9.64. The number of rotatable bonds is 3. The highest BCUT2D eigenvalue weighted by atomic mass is 32.1. The SMILES string of the molecule is CNC1(c2nc(C(C)C)cs2)CCc2ccccc2C1. The molecule has 1 aromatic heterocycles. The molecule has 106 valence electrons. The zero-order valence-electron chi connectivity index (χ0n) is 12.4. The summed E-state index contributed by atoms with van der Waals surface area (Å²) in [4.78, 5) is 4.91. The number of thiazole rings is 1. The Labute approximate surface area is 125 Å². The molecule has 0 spiro atoms. The molecular weight excluding hydrogens is 264 g/mol. The van der Waals surface area contributed by atoms with Gasteiger partial charge in [-0.15, -0.1) is 11.3 Å². The number of aryl methyl sites for hydroxylation is 1. The van der Waals surface area contributed by atoms with E-state index in [0.717, 1.165) is 19.3 Å². The van der Waals surface area contributed by atoms with Crippen LogP contribution in [0.5, 0.6) is 0 Å². The van der Waals surface area contributed by atoms with Gasteiger partial charge in [0, 0.05) is 5.38 Å². The molecule has 0 radical (unpaired) electrons. The van der Waals surface area contributed by atoms with E-state index in [1.807, 2.05) is 11.3 Å². The molecule has 2 nitrogen and oxygen atoms in total. The van der Waals surface area contributed by atoms with Gasteiger partial charge >= 0.3 is 0 Å². The molecule has 1 aliphatic carbocycles. The summed E-state index contributed by atoms with van der Waals surface area (Å²) >= 11 is 1.81. The summed E-state index contributed by atoms with van der Waals surface area (Å²) in [5.74, 6) is 0.504. The summed E-state index contributed by atoms with van der Waals surface area (Å²) in [7, 11) is 2.07. The number of nitrogens with one attached hydrogen (secondary N) is 1. The largest absolute Gasteiger partial charge is 0.308 e. The van der Waals surface area contributed by atoms with Gasteiger partial charge in [-0.3, -0.25) is 0 Å². The van der Waals surface area contributed by atoms with E-state index in [1.54, 1.807) is 0 Å². The Kier molecular flexibility index (Phi) is 3.65. The maximum Gasteiger partial charge on any atom is 0.113 e. The predicted molar refractivity (Wildman–Crippen MR) is 85.4 cm³/mol. The lowest BCUT2D eigenvalue weighted by molar-refractivity contribution is 0.313. The number of aromatic nitrogens is 1. The Morgan fingerprint density at radius 3 is 2.65 bits per heavy atom. The first-order valence-electron chi connectivity index (χ1n) is 7.36. The van der Waals surface area contributed by atoms with E-state index in [-0.39, 0.29) is 5.54 Å². The van der Waals surface area contributed by atoms with Gasteiger partial charge in [-0.1, -0.05) is 38.1 Å². The van der Waals surface area contributed by atoms with Crippen molar-refractivity contribution in [2.45, 2.75) is 44.6 Å². The summed E-state index contributed by atoms with van der Waals surface area (Å²) in [6.07, 6.45) is 3.31. The van der Waals surface area contributed by atoms with E-state index in [4.69, 9.17) is 4.98 Å². The molecule has 0 saturated heterocycles. The van der Waals surface area contributed by atoms with Gasteiger partial charge in [-0.2, -0.15) is 0 Å². The molecular formula is C17H22N2S. The van der Waals surface area contributed by atoms with Crippen LogP contribution in [0.25, 0.3) is 0 Å². The van der Waals surface area contributed by atoms with Crippen LogP contribution in [0.4, 0.5) is 0 Å². The van der Waals surface area contributed by atoms with Crippen LogP contribution in [0.15, 0.2) is 29.6 Å². The molecule has 0 fully saturated rings. The fourth-order valence-electron chi connectivity index (χ4n) is 3.01. The number of benzene rings is 1. The molecule has 3 rings (SSSR count). The molecule has 20 heavy (non-hydrogen) atoms. The summed E-state index contributed by atoms with van der Waals surface area (Å²) in [6, 6.07) is 8.81. The maximum absolute atomic E-state index is 4.91. The Bertz CT molecular complexity index is 603. The van der Waals surface area contributed by atoms with Crippen molar-refractivity contribution in [3.8, 4) is 0 Å². The summed E-state index contributed by atoms with van der Waals surface area (Å²) in [5, 5.41) is 7.04. The van der Waals surface area contributed by atoms with E-state index in [2.05, 4.69) is 55.9 Å². The van der Waals surface area contributed by atoms with Crippen molar-refractivity contribution in [1.29, 1.82) is 0 Å². The minimum atomic E-state index is 0.0200. The topological polar surface area (TPSA) is 24.9 Å². The average Bonchev–Trinajstić information content (AvgIpc) is 2.97. The highest BCUT2D eigenvalue weighted by Gasteiger charge is 2.37. The van der Waals surface area contributed by atoms with Crippen LogP contribution in [0.3, 0.4) is 0 Å². The number of nitrogens with zero attached hydrogens (tertiary/aromatic N) is 1. The highest BCUT2D eigenvalue weighted by Crippen LogP contribution is 2.38. The van der Waals surface area contributed by atoms with Gasteiger partial charge in [0.1, 0.15) is 5.01 Å². The van der Waals surface area contributed by atoms with Gasteiger partial charge in [0.05, 0.1) is 11.2 Å². The fourth-order valence-corrected chi connectivity index (χ4v) is 4.23. The molecule has 1 N–H and O–H groups in total. The lowest BCUT2D eigenvalue weighted by Crippen LogP contribution is -2.44. The van der Waals surface area contributed by atoms with E-state index in [0.29, 0.717) is 5.92 Å². The molecule has 1 heterocycles. The second-order valence-corrected chi connectivity index (χ2v) is 6.87. The molecule has 1 aliphatic rings. The maximum atomic E-state index is 4.91. The molecule has 3 heteroatoms. The van der Waals surface area contributed by atoms with Crippen LogP contribution in [0.2, 0.25) is 0 Å². The molecule has 2 aromatic rings. The monoisotopic (exact) mass is 286 g/mol. The quantitative estimate of drug-likeness (QED) is 0.926. The van der Waals surface area contributed by atoms with E-state index in [1.165, 1.54) is 21.8 Å². The van der Waals surface area contributed by atoms with Gasteiger partial charge < -0.3 is 5.32 Å². The van der Waals surface area contributed by atoms with Crippen LogP contribution in [0, 0.1) is 0 Å². The van der Waals surface area contributed by atoms with Crippen LogP contribution < -0.4 is 5.32 Å². The van der Waals surface area contributed by atoms with Gasteiger partial charge in [-0.05, 0) is 43.4 Å². The first-order valence-corrected chi connectivity index (χ1v) is 8.24. The summed E-state index contributed by atoms with van der Waals surface area (Å²) in [6.45, 7) is 4.42. The standard InChI is InChI=1S/C17H22N2S/c1-12(2)15-11-20-16(19-15)17(18-3)9-8-13-6-4-5-7-14(13)10-17/h4-7,11-12,18H,8-10H2,1-3H3. The molecule has 1 atom stereocenters. The van der Waals surface area contributed by atoms with Gasteiger partial charge in [0.2, 0.25) is 0 Å². The second kappa shape index (κ2) is 5.30. The van der Waals surface area contributed by atoms with E-state index in [9.17, 15) is 0 Å². The first kappa shape index (κ1) is 13.8. The number of hydrogen-bond acceptors (Lipinski definition) is 3. The van der Waals surface area contributed by atoms with Crippen molar-refractivity contribution in [3.05, 3.63) is 51.5 Å².